The number of carbonyl (C=O) groups excluding carboxylic acids is 1. The van der Waals surface area contributed by atoms with Gasteiger partial charge in [-0.1, -0.05) is 69.3 Å². The van der Waals surface area contributed by atoms with Crippen molar-refractivity contribution in [3.05, 3.63) is 106 Å². The summed E-state index contributed by atoms with van der Waals surface area (Å²) in [4.78, 5) is 26.1. The second-order valence-corrected chi connectivity index (χ2v) is 9.82. The molecule has 5 rings (SSSR count). The predicted octanol–water partition coefficient (Wildman–Crippen LogP) is 5.34. The van der Waals surface area contributed by atoms with Crippen LogP contribution in [-0.4, -0.2) is 20.3 Å². The zero-order chi connectivity index (χ0) is 24.6. The molecule has 1 N–H and O–H groups in total. The zero-order valence-corrected chi connectivity index (χ0v) is 20.2. The van der Waals surface area contributed by atoms with Crippen molar-refractivity contribution in [2.75, 3.05) is 5.32 Å². The van der Waals surface area contributed by atoms with Gasteiger partial charge in [-0.3, -0.25) is 9.59 Å². The number of para-hydroxylation sites is 2. The van der Waals surface area contributed by atoms with Crippen LogP contribution in [0.4, 0.5) is 5.82 Å². The number of nitrogens with one attached hydrogen (secondary N) is 1. The summed E-state index contributed by atoms with van der Waals surface area (Å²) in [6, 6.07) is 25.1. The third-order valence-corrected chi connectivity index (χ3v) is 6.32. The molecule has 0 fully saturated rings. The second kappa shape index (κ2) is 8.87. The molecule has 0 saturated carbocycles. The molecule has 176 valence electrons. The molecule has 0 saturated heterocycles. The number of aromatic nitrogens is 3. The van der Waals surface area contributed by atoms with E-state index in [2.05, 4.69) is 55.5 Å². The van der Waals surface area contributed by atoms with E-state index >= 15 is 0 Å². The molecule has 0 spiro atoms. The lowest BCUT2D eigenvalue weighted by Crippen LogP contribution is -2.23. The van der Waals surface area contributed by atoms with Crippen molar-refractivity contribution in [3.63, 3.8) is 0 Å². The Morgan fingerprint density at radius 2 is 1.46 bits per heavy atom. The number of nitrogens with zero attached hydrogens (tertiary/aromatic N) is 3. The number of rotatable bonds is 5. The van der Waals surface area contributed by atoms with Gasteiger partial charge in [-0.05, 0) is 40.8 Å². The molecule has 2 heterocycles. The van der Waals surface area contributed by atoms with Crippen LogP contribution in [0, 0.1) is 0 Å². The van der Waals surface area contributed by atoms with Gasteiger partial charge in [-0.15, -0.1) is 0 Å². The van der Waals surface area contributed by atoms with Gasteiger partial charge in [0.05, 0.1) is 23.8 Å². The van der Waals surface area contributed by atoms with E-state index in [-0.39, 0.29) is 23.3 Å². The summed E-state index contributed by atoms with van der Waals surface area (Å²) in [6.07, 6.45) is 1.68. The third-order valence-electron chi connectivity index (χ3n) is 6.32. The minimum atomic E-state index is -0.186. The van der Waals surface area contributed by atoms with Crippen LogP contribution in [0.1, 0.15) is 31.9 Å². The lowest BCUT2D eigenvalue weighted by atomic mass is 9.87. The van der Waals surface area contributed by atoms with Crippen LogP contribution in [0.25, 0.3) is 21.8 Å². The average Bonchev–Trinajstić information content (AvgIpc) is 3.27. The number of amides is 1. The number of hydrogen-bond donors (Lipinski definition) is 1. The highest BCUT2D eigenvalue weighted by Crippen LogP contribution is 2.23. The molecule has 0 aliphatic carbocycles. The van der Waals surface area contributed by atoms with Crippen molar-refractivity contribution in [3.8, 4) is 0 Å². The van der Waals surface area contributed by atoms with Gasteiger partial charge in [0.15, 0.2) is 5.43 Å². The number of carbonyl (C=O) groups is 1. The molecule has 0 unspecified atom stereocenters. The van der Waals surface area contributed by atoms with E-state index in [1.165, 1.54) is 5.56 Å². The van der Waals surface area contributed by atoms with E-state index in [0.717, 1.165) is 16.6 Å². The summed E-state index contributed by atoms with van der Waals surface area (Å²) in [6.45, 7) is 7.21. The molecule has 0 atom stereocenters. The summed E-state index contributed by atoms with van der Waals surface area (Å²) >= 11 is 0. The molecular weight excluding hydrogens is 436 g/mol. The van der Waals surface area contributed by atoms with Crippen LogP contribution in [-0.2, 0) is 23.3 Å². The lowest BCUT2D eigenvalue weighted by molar-refractivity contribution is -0.116. The van der Waals surface area contributed by atoms with Gasteiger partial charge in [0.1, 0.15) is 12.4 Å². The standard InChI is InChI=1S/C29H28N4O2/c1-29(2,3)21-14-12-20(13-15-21)18-33-26(16-17-30-33)31-27(34)19-32-24-10-6-4-8-22(24)28(35)23-9-5-7-11-25(23)32/h4-17H,18-19H2,1-3H3,(H,31,34). The van der Waals surface area contributed by atoms with Crippen molar-refractivity contribution in [2.45, 2.75) is 39.3 Å². The van der Waals surface area contributed by atoms with Gasteiger partial charge in [0.2, 0.25) is 5.91 Å². The molecule has 3 aromatic carbocycles. The van der Waals surface area contributed by atoms with Gasteiger partial charge in [-0.25, -0.2) is 4.68 Å². The SMILES string of the molecule is CC(C)(C)c1ccc(Cn2nccc2NC(=O)Cn2c3ccccc3c(=O)c3ccccc32)cc1. The van der Waals surface area contributed by atoms with Gasteiger partial charge in [0.25, 0.3) is 0 Å². The van der Waals surface area contributed by atoms with Crippen LogP contribution >= 0.6 is 0 Å². The summed E-state index contributed by atoms with van der Waals surface area (Å²) < 4.78 is 3.68. The molecule has 0 aliphatic rings. The Labute approximate surface area is 203 Å². The lowest BCUT2D eigenvalue weighted by Gasteiger charge is -2.19. The highest BCUT2D eigenvalue weighted by molar-refractivity contribution is 5.96. The summed E-state index contributed by atoms with van der Waals surface area (Å²) in [5, 5.41) is 8.61. The van der Waals surface area contributed by atoms with Gasteiger partial charge in [-0.2, -0.15) is 5.10 Å². The normalized spacial score (nSPS) is 11.7. The molecule has 1 amide bonds. The van der Waals surface area contributed by atoms with E-state index < -0.39 is 0 Å². The smallest absolute Gasteiger partial charge is 0.245 e. The number of anilines is 1. The summed E-state index contributed by atoms with van der Waals surface area (Å²) in [5.74, 6) is 0.443. The fourth-order valence-corrected chi connectivity index (χ4v) is 4.42. The number of pyridine rings is 1. The Bertz CT molecular complexity index is 1530. The van der Waals surface area contributed by atoms with E-state index in [9.17, 15) is 9.59 Å². The maximum Gasteiger partial charge on any atom is 0.245 e. The Balaban J connectivity index is 1.40. The summed E-state index contributed by atoms with van der Waals surface area (Å²) in [5.41, 5.74) is 3.92. The van der Waals surface area contributed by atoms with Crippen molar-refractivity contribution < 1.29 is 4.79 Å². The van der Waals surface area contributed by atoms with Crippen LogP contribution in [0.5, 0.6) is 0 Å². The first kappa shape index (κ1) is 22.6. The van der Waals surface area contributed by atoms with Gasteiger partial charge < -0.3 is 9.88 Å². The van der Waals surface area contributed by atoms with E-state index in [1.807, 2.05) is 41.0 Å². The van der Waals surface area contributed by atoms with Crippen LogP contribution in [0.2, 0.25) is 0 Å². The Hall–Kier alpha value is -4.19. The first-order chi connectivity index (χ1) is 16.8. The number of fused-ring (bicyclic) bond motifs is 2. The van der Waals surface area contributed by atoms with E-state index in [4.69, 9.17) is 0 Å². The molecule has 5 aromatic rings. The molecule has 6 heteroatoms. The molecule has 6 nitrogen and oxygen atoms in total. The molecule has 0 bridgehead atoms. The predicted molar refractivity (Wildman–Crippen MR) is 141 cm³/mol. The topological polar surface area (TPSA) is 68.9 Å². The largest absolute Gasteiger partial charge is 0.331 e. The van der Waals surface area contributed by atoms with Crippen molar-refractivity contribution in [1.82, 2.24) is 14.3 Å². The number of hydrogen-bond acceptors (Lipinski definition) is 3. The molecule has 0 radical (unpaired) electrons. The molecular formula is C29H28N4O2. The summed E-state index contributed by atoms with van der Waals surface area (Å²) in [7, 11) is 0. The molecule has 2 aromatic heterocycles. The van der Waals surface area contributed by atoms with Crippen LogP contribution in [0.15, 0.2) is 89.9 Å². The average molecular weight is 465 g/mol. The highest BCUT2D eigenvalue weighted by atomic mass is 16.2. The maximum atomic E-state index is 13.2. The maximum absolute atomic E-state index is 13.2. The molecule has 35 heavy (non-hydrogen) atoms. The van der Waals surface area contributed by atoms with Gasteiger partial charge >= 0.3 is 0 Å². The Morgan fingerprint density at radius 1 is 0.857 bits per heavy atom. The van der Waals surface area contributed by atoms with Crippen molar-refractivity contribution >= 4 is 33.5 Å². The fourth-order valence-electron chi connectivity index (χ4n) is 4.42. The first-order valence-electron chi connectivity index (χ1n) is 11.7. The minimum absolute atomic E-state index is 0.0246. The van der Waals surface area contributed by atoms with Crippen molar-refractivity contribution in [1.29, 1.82) is 0 Å². The second-order valence-electron chi connectivity index (χ2n) is 9.82. The van der Waals surface area contributed by atoms with Gasteiger partial charge in [0, 0.05) is 16.8 Å². The quantitative estimate of drug-likeness (QED) is 0.357. The zero-order valence-electron chi connectivity index (χ0n) is 20.2. The highest BCUT2D eigenvalue weighted by Gasteiger charge is 2.15. The van der Waals surface area contributed by atoms with Crippen molar-refractivity contribution in [2.24, 2.45) is 0 Å². The third kappa shape index (κ3) is 4.47. The Kier molecular flexibility index (Phi) is 5.73. The minimum Gasteiger partial charge on any atom is -0.331 e. The van der Waals surface area contributed by atoms with Crippen LogP contribution < -0.4 is 10.7 Å². The molecule has 0 aliphatic heterocycles. The number of benzene rings is 3. The Morgan fingerprint density at radius 3 is 2.06 bits per heavy atom. The first-order valence-corrected chi connectivity index (χ1v) is 11.7. The van der Waals surface area contributed by atoms with E-state index in [0.29, 0.717) is 23.1 Å². The van der Waals surface area contributed by atoms with E-state index in [1.54, 1.807) is 29.1 Å². The monoisotopic (exact) mass is 464 g/mol. The van der Waals surface area contributed by atoms with Crippen LogP contribution in [0.3, 0.4) is 0 Å². The fraction of sp³-hybridized carbons (Fsp3) is 0.207.